The number of morpholine rings is 1. The van der Waals surface area contributed by atoms with Crippen LogP contribution in [0, 0.1) is 6.92 Å². The second-order valence-corrected chi connectivity index (χ2v) is 5.97. The monoisotopic (exact) mass is 323 g/mol. The molecule has 1 aliphatic rings. The van der Waals surface area contributed by atoms with Crippen molar-refractivity contribution in [3.63, 3.8) is 0 Å². The number of para-hydroxylation sites is 1. The Balaban J connectivity index is 1.57. The van der Waals surface area contributed by atoms with E-state index in [0.29, 0.717) is 0 Å². The quantitative estimate of drug-likeness (QED) is 0.799. The van der Waals surface area contributed by atoms with Gasteiger partial charge in [-0.1, -0.05) is 18.2 Å². The van der Waals surface area contributed by atoms with Crippen molar-refractivity contribution in [1.29, 1.82) is 0 Å². The van der Waals surface area contributed by atoms with Crippen LogP contribution in [-0.4, -0.2) is 40.9 Å². The average molecular weight is 323 g/mol. The van der Waals surface area contributed by atoms with Gasteiger partial charge in [-0.3, -0.25) is 0 Å². The van der Waals surface area contributed by atoms with E-state index >= 15 is 0 Å². The normalized spacial score (nSPS) is 15.0. The average Bonchev–Trinajstić information content (AvgIpc) is 3.02. The molecule has 1 aliphatic heterocycles. The van der Waals surface area contributed by atoms with Crippen LogP contribution in [0.25, 0.3) is 5.52 Å². The molecule has 0 saturated carbocycles. The van der Waals surface area contributed by atoms with Crippen molar-refractivity contribution < 1.29 is 4.74 Å². The number of rotatable bonds is 4. The van der Waals surface area contributed by atoms with Gasteiger partial charge < -0.3 is 15.0 Å². The number of hydrogen-bond donors (Lipinski definition) is 1. The number of aryl methyl sites for hydroxylation is 1. The number of benzene rings is 1. The Labute approximate surface area is 141 Å². The molecule has 0 spiro atoms. The van der Waals surface area contributed by atoms with Crippen LogP contribution in [0.5, 0.6) is 0 Å². The minimum absolute atomic E-state index is 0.727. The topological polar surface area (TPSA) is 54.7 Å². The lowest BCUT2D eigenvalue weighted by atomic mass is 10.1. The van der Waals surface area contributed by atoms with Gasteiger partial charge in [0.05, 0.1) is 18.9 Å². The largest absolute Gasteiger partial charge is 0.378 e. The van der Waals surface area contributed by atoms with E-state index in [2.05, 4.69) is 44.6 Å². The van der Waals surface area contributed by atoms with E-state index < -0.39 is 0 Å². The number of hydrogen-bond acceptors (Lipinski definition) is 5. The molecule has 1 saturated heterocycles. The van der Waals surface area contributed by atoms with Crippen LogP contribution in [0.2, 0.25) is 0 Å². The molecule has 24 heavy (non-hydrogen) atoms. The van der Waals surface area contributed by atoms with Gasteiger partial charge >= 0.3 is 0 Å². The van der Waals surface area contributed by atoms with Crippen molar-refractivity contribution in [1.82, 2.24) is 14.6 Å². The van der Waals surface area contributed by atoms with Crippen molar-refractivity contribution in [3.8, 4) is 0 Å². The highest BCUT2D eigenvalue weighted by molar-refractivity contribution is 5.68. The van der Waals surface area contributed by atoms with Gasteiger partial charge in [0.15, 0.2) is 5.82 Å². The maximum atomic E-state index is 5.46. The van der Waals surface area contributed by atoms with Crippen LogP contribution in [0.4, 0.5) is 11.5 Å². The molecular weight excluding hydrogens is 302 g/mol. The molecule has 0 unspecified atom stereocenters. The first kappa shape index (κ1) is 15.0. The number of fused-ring (bicyclic) bond motifs is 1. The maximum Gasteiger partial charge on any atom is 0.152 e. The lowest BCUT2D eigenvalue weighted by Crippen LogP contribution is -2.36. The zero-order chi connectivity index (χ0) is 16.4. The highest BCUT2D eigenvalue weighted by Crippen LogP contribution is 2.23. The minimum Gasteiger partial charge on any atom is -0.378 e. The van der Waals surface area contributed by atoms with Gasteiger partial charge in [0.25, 0.3) is 0 Å². The number of nitrogens with one attached hydrogen (secondary N) is 1. The summed E-state index contributed by atoms with van der Waals surface area (Å²) in [7, 11) is 0. The van der Waals surface area contributed by atoms with Gasteiger partial charge in [0.1, 0.15) is 5.52 Å². The van der Waals surface area contributed by atoms with E-state index in [4.69, 9.17) is 4.74 Å². The highest BCUT2D eigenvalue weighted by atomic mass is 16.5. The predicted octanol–water partition coefficient (Wildman–Crippen LogP) is 2.49. The third-order valence-corrected chi connectivity index (χ3v) is 4.30. The van der Waals surface area contributed by atoms with Crippen molar-refractivity contribution in [3.05, 3.63) is 54.0 Å². The second kappa shape index (κ2) is 6.49. The van der Waals surface area contributed by atoms with E-state index in [-0.39, 0.29) is 0 Å². The highest BCUT2D eigenvalue weighted by Gasteiger charge is 2.14. The van der Waals surface area contributed by atoms with E-state index in [1.165, 1.54) is 11.3 Å². The summed E-state index contributed by atoms with van der Waals surface area (Å²) in [6.45, 7) is 6.17. The first-order chi connectivity index (χ1) is 11.8. The van der Waals surface area contributed by atoms with Crippen LogP contribution in [-0.2, 0) is 11.3 Å². The molecule has 4 rings (SSSR count). The summed E-state index contributed by atoms with van der Waals surface area (Å²) in [5, 5.41) is 7.90. The van der Waals surface area contributed by atoms with Crippen LogP contribution in [0.15, 0.2) is 42.7 Å². The van der Waals surface area contributed by atoms with Crippen molar-refractivity contribution in [2.24, 2.45) is 0 Å². The second-order valence-electron chi connectivity index (χ2n) is 5.97. The number of nitrogens with zero attached hydrogens (tertiary/aromatic N) is 4. The summed E-state index contributed by atoms with van der Waals surface area (Å²) in [4.78, 5) is 6.86. The summed E-state index contributed by atoms with van der Waals surface area (Å²) in [5.74, 6) is 0.856. The van der Waals surface area contributed by atoms with Crippen LogP contribution in [0.3, 0.4) is 0 Å². The molecule has 1 fully saturated rings. The first-order valence-electron chi connectivity index (χ1n) is 8.27. The minimum atomic E-state index is 0.727. The molecule has 3 heterocycles. The Morgan fingerprint density at radius 1 is 1.21 bits per heavy atom. The lowest BCUT2D eigenvalue weighted by molar-refractivity contribution is 0.122. The summed E-state index contributed by atoms with van der Waals surface area (Å²) in [6.07, 6.45) is 3.64. The van der Waals surface area contributed by atoms with Gasteiger partial charge in [0.2, 0.25) is 0 Å². The van der Waals surface area contributed by atoms with Gasteiger partial charge in [-0.15, -0.1) is 0 Å². The Morgan fingerprint density at radius 2 is 2.04 bits per heavy atom. The van der Waals surface area contributed by atoms with E-state index in [1.54, 1.807) is 6.20 Å². The molecule has 0 radical (unpaired) electrons. The predicted molar refractivity (Wildman–Crippen MR) is 94.5 cm³/mol. The molecule has 1 aromatic carbocycles. The summed E-state index contributed by atoms with van der Waals surface area (Å²) in [6, 6.07) is 10.6. The molecule has 6 nitrogen and oxygen atoms in total. The van der Waals surface area contributed by atoms with E-state index in [0.717, 1.165) is 49.9 Å². The van der Waals surface area contributed by atoms with Crippen LogP contribution >= 0.6 is 0 Å². The zero-order valence-electron chi connectivity index (χ0n) is 13.8. The molecule has 0 bridgehead atoms. The summed E-state index contributed by atoms with van der Waals surface area (Å²) in [5.41, 5.74) is 4.52. The number of aromatic nitrogens is 3. The fourth-order valence-electron chi connectivity index (χ4n) is 3.13. The third-order valence-electron chi connectivity index (χ3n) is 4.30. The van der Waals surface area contributed by atoms with Crippen molar-refractivity contribution in [2.45, 2.75) is 13.5 Å². The lowest BCUT2D eigenvalue weighted by Gasteiger charge is -2.30. The fraction of sp³-hybridized carbons (Fsp3) is 0.333. The smallest absolute Gasteiger partial charge is 0.152 e. The van der Waals surface area contributed by atoms with Crippen molar-refractivity contribution >= 4 is 17.0 Å². The number of anilines is 2. The van der Waals surface area contributed by atoms with Gasteiger partial charge in [-0.2, -0.15) is 5.10 Å². The molecule has 1 N–H and O–H groups in total. The fourth-order valence-corrected chi connectivity index (χ4v) is 3.13. The van der Waals surface area contributed by atoms with E-state index in [9.17, 15) is 0 Å². The Kier molecular flexibility index (Phi) is 4.04. The Morgan fingerprint density at radius 3 is 2.92 bits per heavy atom. The molecular formula is C18H21N5O. The number of ether oxygens (including phenoxy) is 1. The SMILES string of the molecule is Cc1cc2c(NCc3ccccc3N3CCOCC3)nccn2n1. The van der Waals surface area contributed by atoms with Crippen molar-refractivity contribution in [2.75, 3.05) is 36.5 Å². The first-order valence-corrected chi connectivity index (χ1v) is 8.27. The summed E-state index contributed by atoms with van der Waals surface area (Å²) >= 11 is 0. The molecule has 0 atom stereocenters. The maximum absolute atomic E-state index is 5.46. The third kappa shape index (κ3) is 2.92. The van der Waals surface area contributed by atoms with Crippen LogP contribution < -0.4 is 10.2 Å². The van der Waals surface area contributed by atoms with Gasteiger partial charge in [0, 0.05) is 37.7 Å². The molecule has 0 amide bonds. The van der Waals surface area contributed by atoms with Gasteiger partial charge in [-0.25, -0.2) is 9.50 Å². The Hall–Kier alpha value is -2.60. The molecule has 3 aromatic rings. The summed E-state index contributed by atoms with van der Waals surface area (Å²) < 4.78 is 7.32. The molecule has 2 aromatic heterocycles. The van der Waals surface area contributed by atoms with Crippen LogP contribution in [0.1, 0.15) is 11.3 Å². The standard InChI is InChI=1S/C18H21N5O/c1-14-12-17-18(19-6-7-23(17)21-14)20-13-15-4-2-3-5-16(15)22-8-10-24-11-9-22/h2-7,12H,8-11,13H2,1H3,(H,19,20). The van der Waals surface area contributed by atoms with E-state index in [1.807, 2.05) is 23.7 Å². The Bertz CT molecular complexity index is 838. The molecule has 6 heteroatoms. The molecule has 124 valence electrons. The van der Waals surface area contributed by atoms with Gasteiger partial charge in [-0.05, 0) is 24.6 Å². The zero-order valence-corrected chi connectivity index (χ0v) is 13.8. The molecule has 0 aliphatic carbocycles.